The monoisotopic (exact) mass is 240 g/mol. The van der Waals surface area contributed by atoms with E-state index in [0.717, 1.165) is 12.6 Å². The zero-order valence-corrected chi connectivity index (χ0v) is 7.89. The molecule has 54 valence electrons. The Morgan fingerprint density at radius 2 is 2.56 bits per heavy atom. The van der Waals surface area contributed by atoms with Gasteiger partial charge in [0.05, 0.1) is 0 Å². The van der Waals surface area contributed by atoms with Crippen molar-refractivity contribution in [1.29, 1.82) is 0 Å². The third-order valence-electron chi connectivity index (χ3n) is 1.98. The molecule has 0 aliphatic carbocycles. The van der Waals surface area contributed by atoms with Gasteiger partial charge in [-0.1, -0.05) is 0 Å². The Morgan fingerprint density at radius 3 is 3.00 bits per heavy atom. The Morgan fingerprint density at radius 1 is 1.78 bits per heavy atom. The van der Waals surface area contributed by atoms with Gasteiger partial charge in [0, 0.05) is 35.5 Å². The third-order valence-corrected chi connectivity index (χ3v) is 2.42. The highest BCUT2D eigenvalue weighted by Gasteiger charge is 2.19. The number of nitrogens with zero attached hydrogens (tertiary/aromatic N) is 1. The topological polar surface area (TPSA) is 15.3 Å². The molecule has 1 heterocycles. The van der Waals surface area contributed by atoms with Crippen LogP contribution in [0.3, 0.4) is 0 Å². The van der Waals surface area contributed by atoms with E-state index in [1.807, 2.05) is 0 Å². The highest BCUT2D eigenvalue weighted by atomic mass is 127. The fourth-order valence-corrected chi connectivity index (χ4v) is 1.83. The first-order chi connectivity index (χ1) is 4.34. The average Bonchev–Trinajstić information content (AvgIpc) is 2.18. The third kappa shape index (κ3) is 2.05. The molecule has 1 N–H and O–H groups in total. The van der Waals surface area contributed by atoms with Gasteiger partial charge in [-0.25, -0.2) is 0 Å². The molecule has 1 aliphatic rings. The van der Waals surface area contributed by atoms with E-state index in [1.165, 1.54) is 19.4 Å². The van der Waals surface area contributed by atoms with E-state index < -0.39 is 0 Å². The molecule has 0 unspecified atom stereocenters. The van der Waals surface area contributed by atoms with Crippen LogP contribution in [-0.2, 0) is 0 Å². The molecule has 0 amide bonds. The minimum absolute atomic E-state index is 0.793. The van der Waals surface area contributed by atoms with E-state index in [0.29, 0.717) is 0 Å². The van der Waals surface area contributed by atoms with Crippen LogP contribution in [0.4, 0.5) is 0 Å². The minimum Gasteiger partial charge on any atom is -0.302 e. The van der Waals surface area contributed by atoms with Crippen LogP contribution in [0.5, 0.6) is 0 Å². The fraction of sp³-hybridized carbons (Fsp3) is 1.00. The van der Waals surface area contributed by atoms with Gasteiger partial charge in [-0.3, -0.25) is 3.53 Å². The van der Waals surface area contributed by atoms with Crippen molar-refractivity contribution in [1.82, 2.24) is 8.43 Å². The smallest absolute Gasteiger partial charge is 0.0226 e. The van der Waals surface area contributed by atoms with Crippen LogP contribution in [0.2, 0.25) is 0 Å². The van der Waals surface area contributed by atoms with Crippen LogP contribution < -0.4 is 3.53 Å². The van der Waals surface area contributed by atoms with Gasteiger partial charge >= 0.3 is 0 Å². The lowest BCUT2D eigenvalue weighted by Crippen LogP contribution is -2.31. The Balaban J connectivity index is 2.22. The number of hydrogen-bond donors (Lipinski definition) is 1. The normalized spacial score (nSPS) is 29.3. The molecule has 0 aromatic carbocycles. The SMILES string of the molecule is CN1CCC[C@H]1CNI. The van der Waals surface area contributed by atoms with Gasteiger partial charge in [0.1, 0.15) is 0 Å². The quantitative estimate of drug-likeness (QED) is 0.572. The second-order valence-corrected chi connectivity index (χ2v) is 3.38. The largest absolute Gasteiger partial charge is 0.302 e. The molecular formula is C6H13IN2. The van der Waals surface area contributed by atoms with E-state index in [1.54, 1.807) is 0 Å². The van der Waals surface area contributed by atoms with Crippen molar-refractivity contribution in [2.24, 2.45) is 0 Å². The zero-order chi connectivity index (χ0) is 6.69. The second-order valence-electron chi connectivity index (χ2n) is 2.61. The van der Waals surface area contributed by atoms with Crippen molar-refractivity contribution in [2.75, 3.05) is 20.1 Å². The lowest BCUT2D eigenvalue weighted by molar-refractivity contribution is 0.314. The molecule has 2 nitrogen and oxygen atoms in total. The van der Waals surface area contributed by atoms with Crippen LogP contribution >= 0.6 is 22.9 Å². The van der Waals surface area contributed by atoms with Crippen molar-refractivity contribution >= 4 is 22.9 Å². The first-order valence-electron chi connectivity index (χ1n) is 3.38. The molecule has 3 heteroatoms. The molecule has 1 atom stereocenters. The maximum Gasteiger partial charge on any atom is 0.0226 e. The first-order valence-corrected chi connectivity index (χ1v) is 4.46. The fourth-order valence-electron chi connectivity index (χ4n) is 1.33. The van der Waals surface area contributed by atoms with Crippen molar-refractivity contribution in [3.63, 3.8) is 0 Å². The summed E-state index contributed by atoms with van der Waals surface area (Å²) < 4.78 is 3.17. The Kier molecular flexibility index (Phi) is 3.21. The van der Waals surface area contributed by atoms with Crippen LogP contribution in [0.25, 0.3) is 0 Å². The minimum atomic E-state index is 0.793. The molecule has 0 radical (unpaired) electrons. The van der Waals surface area contributed by atoms with E-state index in [2.05, 4.69) is 38.3 Å². The number of nitrogens with one attached hydrogen (secondary N) is 1. The molecule has 0 saturated carbocycles. The van der Waals surface area contributed by atoms with Crippen molar-refractivity contribution in [3.05, 3.63) is 0 Å². The van der Waals surface area contributed by atoms with Gasteiger partial charge in [-0.15, -0.1) is 0 Å². The summed E-state index contributed by atoms with van der Waals surface area (Å²) in [5.74, 6) is 0. The number of rotatable bonds is 2. The lowest BCUT2D eigenvalue weighted by atomic mass is 10.2. The molecule has 1 aliphatic heterocycles. The van der Waals surface area contributed by atoms with E-state index in [-0.39, 0.29) is 0 Å². The number of likely N-dealkylation sites (N-methyl/N-ethyl adjacent to an activating group) is 1. The summed E-state index contributed by atoms with van der Waals surface area (Å²) in [5, 5.41) is 0. The number of halogens is 1. The summed E-state index contributed by atoms with van der Waals surface area (Å²) in [6.07, 6.45) is 2.74. The zero-order valence-electron chi connectivity index (χ0n) is 5.73. The molecule has 1 saturated heterocycles. The summed E-state index contributed by atoms with van der Waals surface area (Å²) in [6.45, 7) is 2.42. The van der Waals surface area contributed by atoms with Gasteiger partial charge in [0.25, 0.3) is 0 Å². The second kappa shape index (κ2) is 3.73. The molecule has 0 aromatic rings. The molecule has 0 bridgehead atoms. The van der Waals surface area contributed by atoms with E-state index >= 15 is 0 Å². The molecule has 9 heavy (non-hydrogen) atoms. The van der Waals surface area contributed by atoms with Crippen LogP contribution in [0.15, 0.2) is 0 Å². The summed E-state index contributed by atoms with van der Waals surface area (Å²) in [6, 6.07) is 0.793. The number of hydrogen-bond acceptors (Lipinski definition) is 2. The van der Waals surface area contributed by atoms with Gasteiger partial charge in [-0.2, -0.15) is 0 Å². The highest BCUT2D eigenvalue weighted by molar-refractivity contribution is 14.1. The summed E-state index contributed by atoms with van der Waals surface area (Å²) in [5.41, 5.74) is 0. The van der Waals surface area contributed by atoms with Gasteiger partial charge in [-0.05, 0) is 26.4 Å². The summed E-state index contributed by atoms with van der Waals surface area (Å²) in [4.78, 5) is 2.42. The van der Waals surface area contributed by atoms with Crippen LogP contribution in [0.1, 0.15) is 12.8 Å². The van der Waals surface area contributed by atoms with Crippen molar-refractivity contribution in [2.45, 2.75) is 18.9 Å². The predicted molar refractivity (Wildman–Crippen MR) is 47.7 cm³/mol. The maximum absolute atomic E-state index is 3.17. The summed E-state index contributed by atoms with van der Waals surface area (Å²) >= 11 is 2.21. The molecular weight excluding hydrogens is 227 g/mol. The van der Waals surface area contributed by atoms with Crippen LogP contribution in [0, 0.1) is 0 Å². The van der Waals surface area contributed by atoms with E-state index in [9.17, 15) is 0 Å². The molecule has 0 spiro atoms. The Bertz CT molecular complexity index is 87.1. The standard InChI is InChI=1S/C6H13IN2/c1-9-4-2-3-6(9)5-8-7/h6,8H,2-5H2,1H3/t6-/m0/s1. The number of likely N-dealkylation sites (tertiary alicyclic amines) is 1. The van der Waals surface area contributed by atoms with Crippen LogP contribution in [-0.4, -0.2) is 31.1 Å². The first kappa shape index (κ1) is 7.75. The van der Waals surface area contributed by atoms with Crippen molar-refractivity contribution in [3.8, 4) is 0 Å². The lowest BCUT2D eigenvalue weighted by Gasteiger charge is -2.17. The van der Waals surface area contributed by atoms with Gasteiger partial charge in [0.2, 0.25) is 0 Å². The van der Waals surface area contributed by atoms with Gasteiger partial charge < -0.3 is 4.90 Å². The summed E-state index contributed by atoms with van der Waals surface area (Å²) in [7, 11) is 2.20. The molecule has 1 fully saturated rings. The predicted octanol–water partition coefficient (Wildman–Crippen LogP) is 1.02. The maximum atomic E-state index is 3.17. The highest BCUT2D eigenvalue weighted by Crippen LogP contribution is 2.13. The molecule has 1 rings (SSSR count). The molecule has 0 aromatic heterocycles. The Hall–Kier alpha value is 0.650. The van der Waals surface area contributed by atoms with Gasteiger partial charge in [0.15, 0.2) is 0 Å². The van der Waals surface area contributed by atoms with Crippen molar-refractivity contribution < 1.29 is 0 Å². The Labute approximate surface area is 70.5 Å². The van der Waals surface area contributed by atoms with E-state index in [4.69, 9.17) is 0 Å². The average molecular weight is 240 g/mol.